The molecule has 1 aliphatic heterocycles. The summed E-state index contributed by atoms with van der Waals surface area (Å²) >= 11 is 11.7. The first-order valence-corrected chi connectivity index (χ1v) is 6.14. The molecule has 1 fully saturated rings. The summed E-state index contributed by atoms with van der Waals surface area (Å²) in [6, 6.07) is 4.75. The van der Waals surface area contributed by atoms with Crippen molar-refractivity contribution in [3.63, 3.8) is 0 Å². The first-order valence-electron chi connectivity index (χ1n) is 5.38. The number of esters is 2. The molecule has 0 radical (unpaired) electrons. The van der Waals surface area contributed by atoms with Crippen molar-refractivity contribution >= 4 is 35.1 Å². The van der Waals surface area contributed by atoms with Gasteiger partial charge in [-0.3, -0.25) is 4.79 Å². The van der Waals surface area contributed by atoms with E-state index in [0.717, 1.165) is 0 Å². The smallest absolute Gasteiger partial charge is 0.341 e. The zero-order chi connectivity index (χ0) is 13.1. The molecule has 1 aliphatic rings. The molecular formula is C12H10Cl2O4. The first-order chi connectivity index (χ1) is 8.58. The number of hydrogen-bond donors (Lipinski definition) is 0. The van der Waals surface area contributed by atoms with Crippen molar-refractivity contribution in [3.05, 3.63) is 33.8 Å². The Balaban J connectivity index is 1.98. The molecule has 1 unspecified atom stereocenters. The van der Waals surface area contributed by atoms with Crippen LogP contribution in [0.3, 0.4) is 0 Å². The Morgan fingerprint density at radius 1 is 1.39 bits per heavy atom. The minimum atomic E-state index is -0.617. The largest absolute Gasteiger partial charge is 0.459 e. The van der Waals surface area contributed by atoms with E-state index < -0.39 is 5.97 Å². The molecule has 0 spiro atoms. The third kappa shape index (κ3) is 2.94. The quantitative estimate of drug-likeness (QED) is 0.803. The van der Waals surface area contributed by atoms with Crippen LogP contribution < -0.4 is 0 Å². The van der Waals surface area contributed by atoms with Gasteiger partial charge in [0.1, 0.15) is 12.7 Å². The Labute approximate surface area is 114 Å². The highest BCUT2D eigenvalue weighted by molar-refractivity contribution is 6.39. The summed E-state index contributed by atoms with van der Waals surface area (Å²) in [5.74, 6) is -0.889. The van der Waals surface area contributed by atoms with Gasteiger partial charge >= 0.3 is 11.9 Å². The molecule has 96 valence electrons. The molecule has 0 bridgehead atoms. The third-order valence-electron chi connectivity index (χ3n) is 2.54. The molecule has 6 heteroatoms. The predicted octanol–water partition coefficient (Wildman–Crippen LogP) is 2.86. The summed E-state index contributed by atoms with van der Waals surface area (Å²) in [6.07, 6.45) is 0.542. The molecular weight excluding hydrogens is 279 g/mol. The predicted molar refractivity (Wildman–Crippen MR) is 65.9 cm³/mol. The third-order valence-corrected chi connectivity index (χ3v) is 3.17. The lowest BCUT2D eigenvalue weighted by Gasteiger charge is -2.11. The maximum absolute atomic E-state index is 11.8. The molecule has 1 aromatic rings. The van der Waals surface area contributed by atoms with Gasteiger partial charge in [0.15, 0.2) is 0 Å². The van der Waals surface area contributed by atoms with Crippen LogP contribution in [0.2, 0.25) is 10.0 Å². The SMILES string of the molecule is O=C1CCC(COC(=O)c2c(Cl)cccc2Cl)O1. The fourth-order valence-electron chi connectivity index (χ4n) is 1.63. The molecule has 18 heavy (non-hydrogen) atoms. The van der Waals surface area contributed by atoms with Crippen LogP contribution in [0.25, 0.3) is 0 Å². The van der Waals surface area contributed by atoms with Gasteiger partial charge in [0.05, 0.1) is 15.6 Å². The molecule has 1 aromatic carbocycles. The van der Waals surface area contributed by atoms with Crippen molar-refractivity contribution < 1.29 is 19.1 Å². The number of carbonyl (C=O) groups is 2. The number of benzene rings is 1. The van der Waals surface area contributed by atoms with Crippen LogP contribution in [-0.4, -0.2) is 24.6 Å². The number of carbonyl (C=O) groups excluding carboxylic acids is 2. The molecule has 4 nitrogen and oxygen atoms in total. The second-order valence-electron chi connectivity index (χ2n) is 3.85. The number of rotatable bonds is 3. The fraction of sp³-hybridized carbons (Fsp3) is 0.333. The van der Waals surface area contributed by atoms with E-state index in [0.29, 0.717) is 12.8 Å². The minimum Gasteiger partial charge on any atom is -0.459 e. The van der Waals surface area contributed by atoms with E-state index in [2.05, 4.69) is 0 Å². The van der Waals surface area contributed by atoms with Crippen molar-refractivity contribution in [3.8, 4) is 0 Å². The Morgan fingerprint density at radius 2 is 2.06 bits per heavy atom. The lowest BCUT2D eigenvalue weighted by Crippen LogP contribution is -2.19. The molecule has 1 saturated heterocycles. The van der Waals surface area contributed by atoms with Gasteiger partial charge in [-0.25, -0.2) is 4.79 Å². The molecule has 1 atom stereocenters. The van der Waals surface area contributed by atoms with E-state index in [1.165, 1.54) is 0 Å². The van der Waals surface area contributed by atoms with Gasteiger partial charge in [0.25, 0.3) is 0 Å². The molecule has 0 amide bonds. The highest BCUT2D eigenvalue weighted by Crippen LogP contribution is 2.25. The van der Waals surface area contributed by atoms with Crippen molar-refractivity contribution in [2.45, 2.75) is 18.9 Å². The summed E-state index contributed by atoms with van der Waals surface area (Å²) in [5, 5.41) is 0.465. The Bertz CT molecular complexity index is 467. The molecule has 1 heterocycles. The number of halogens is 2. The van der Waals surface area contributed by atoms with Gasteiger partial charge in [-0.1, -0.05) is 29.3 Å². The summed E-state index contributed by atoms with van der Waals surface area (Å²) in [6.45, 7) is 0.0200. The van der Waals surface area contributed by atoms with E-state index in [1.54, 1.807) is 18.2 Å². The van der Waals surface area contributed by atoms with E-state index in [9.17, 15) is 9.59 Å². The fourth-order valence-corrected chi connectivity index (χ4v) is 2.19. The highest BCUT2D eigenvalue weighted by Gasteiger charge is 2.25. The first kappa shape index (κ1) is 13.2. The van der Waals surface area contributed by atoms with Gasteiger partial charge < -0.3 is 9.47 Å². The normalized spacial score (nSPS) is 18.6. The minimum absolute atomic E-state index is 0.0200. The summed E-state index contributed by atoms with van der Waals surface area (Å²) in [4.78, 5) is 22.7. The van der Waals surface area contributed by atoms with Crippen LogP contribution in [0.4, 0.5) is 0 Å². The molecule has 0 saturated carbocycles. The average molecular weight is 289 g/mol. The van der Waals surface area contributed by atoms with Crippen LogP contribution in [0.1, 0.15) is 23.2 Å². The van der Waals surface area contributed by atoms with Crippen LogP contribution in [0, 0.1) is 0 Å². The highest BCUT2D eigenvalue weighted by atomic mass is 35.5. The van der Waals surface area contributed by atoms with Gasteiger partial charge in [-0.15, -0.1) is 0 Å². The van der Waals surface area contributed by atoms with Gasteiger partial charge in [-0.05, 0) is 18.6 Å². The van der Waals surface area contributed by atoms with Crippen molar-refractivity contribution in [2.24, 2.45) is 0 Å². The van der Waals surface area contributed by atoms with E-state index in [4.69, 9.17) is 32.7 Å². The molecule has 2 rings (SSSR count). The van der Waals surface area contributed by atoms with E-state index >= 15 is 0 Å². The number of hydrogen-bond acceptors (Lipinski definition) is 4. The lowest BCUT2D eigenvalue weighted by molar-refractivity contribution is -0.142. The molecule has 0 N–H and O–H groups in total. The standard InChI is InChI=1S/C12H10Cl2O4/c13-8-2-1-3-9(14)11(8)12(16)17-6-7-4-5-10(15)18-7/h1-3,7H,4-6H2. The van der Waals surface area contributed by atoms with Crippen LogP contribution in [0.15, 0.2) is 18.2 Å². The Morgan fingerprint density at radius 3 is 2.61 bits per heavy atom. The van der Waals surface area contributed by atoms with Gasteiger partial charge in [0.2, 0.25) is 0 Å². The van der Waals surface area contributed by atoms with Crippen molar-refractivity contribution in [1.82, 2.24) is 0 Å². The lowest BCUT2D eigenvalue weighted by atomic mass is 10.2. The number of cyclic esters (lactones) is 1. The van der Waals surface area contributed by atoms with Crippen molar-refractivity contribution in [1.29, 1.82) is 0 Å². The van der Waals surface area contributed by atoms with Crippen LogP contribution in [-0.2, 0) is 14.3 Å². The Kier molecular flexibility index (Phi) is 4.09. The second-order valence-corrected chi connectivity index (χ2v) is 4.66. The number of ether oxygens (including phenoxy) is 2. The van der Waals surface area contributed by atoms with Crippen LogP contribution in [0.5, 0.6) is 0 Å². The average Bonchev–Trinajstić information content (AvgIpc) is 2.72. The Hall–Kier alpha value is -1.26. The van der Waals surface area contributed by atoms with Crippen molar-refractivity contribution in [2.75, 3.05) is 6.61 Å². The van der Waals surface area contributed by atoms with Gasteiger partial charge in [0, 0.05) is 6.42 Å². The zero-order valence-electron chi connectivity index (χ0n) is 9.32. The van der Waals surface area contributed by atoms with Crippen LogP contribution >= 0.6 is 23.2 Å². The maximum atomic E-state index is 11.8. The monoisotopic (exact) mass is 288 g/mol. The zero-order valence-corrected chi connectivity index (χ0v) is 10.8. The second kappa shape index (κ2) is 5.59. The van der Waals surface area contributed by atoms with E-state index in [1.807, 2.05) is 0 Å². The topological polar surface area (TPSA) is 52.6 Å². The molecule has 0 aromatic heterocycles. The molecule has 0 aliphatic carbocycles. The summed E-state index contributed by atoms with van der Waals surface area (Å²) in [5.41, 5.74) is 0.130. The van der Waals surface area contributed by atoms with Gasteiger partial charge in [-0.2, -0.15) is 0 Å². The summed E-state index contributed by atoms with van der Waals surface area (Å²) in [7, 11) is 0. The van der Waals surface area contributed by atoms with E-state index in [-0.39, 0.29) is 34.3 Å². The summed E-state index contributed by atoms with van der Waals surface area (Å²) < 4.78 is 9.96. The maximum Gasteiger partial charge on any atom is 0.341 e.